The predicted octanol–water partition coefficient (Wildman–Crippen LogP) is 2.41. The molecule has 3 aromatic rings. The average molecular weight is 338 g/mol. The van der Waals surface area contributed by atoms with Gasteiger partial charge in [-0.15, -0.1) is 0 Å². The fourth-order valence-corrected chi connectivity index (χ4v) is 2.44. The van der Waals surface area contributed by atoms with E-state index in [4.69, 9.17) is 4.74 Å². The van der Waals surface area contributed by atoms with Gasteiger partial charge in [-0.3, -0.25) is 9.48 Å². The van der Waals surface area contributed by atoms with E-state index in [2.05, 4.69) is 5.10 Å². The molecule has 0 saturated carbocycles. The lowest BCUT2D eigenvalue weighted by atomic mass is 10.2. The Morgan fingerprint density at radius 2 is 1.76 bits per heavy atom. The largest absolute Gasteiger partial charge is 0.423 e. The van der Waals surface area contributed by atoms with Gasteiger partial charge in [-0.25, -0.2) is 4.79 Å². The maximum atomic E-state index is 12.5. The van der Waals surface area contributed by atoms with Gasteiger partial charge < -0.3 is 14.2 Å². The van der Waals surface area contributed by atoms with Gasteiger partial charge in [0.25, 0.3) is 0 Å². The van der Waals surface area contributed by atoms with E-state index in [-0.39, 0.29) is 5.91 Å². The summed E-state index contributed by atoms with van der Waals surface area (Å²) in [4.78, 5) is 25.4. The lowest BCUT2D eigenvalue weighted by molar-refractivity contribution is -0.116. The molecule has 2 aromatic heterocycles. The van der Waals surface area contributed by atoms with Gasteiger partial charge in [-0.1, -0.05) is 0 Å². The third-order valence-electron chi connectivity index (χ3n) is 3.88. The minimum absolute atomic E-state index is 0.0727. The lowest BCUT2D eigenvalue weighted by Gasteiger charge is -2.15. The number of hydrogen-bond donors (Lipinski definition) is 0. The molecule has 0 atom stereocenters. The molecule has 7 nitrogen and oxygen atoms in total. The van der Waals surface area contributed by atoms with Crippen LogP contribution in [0.15, 0.2) is 55.0 Å². The van der Waals surface area contributed by atoms with Crippen molar-refractivity contribution in [2.24, 2.45) is 7.05 Å². The number of carbonyl (C=O) groups is 2. The topological polar surface area (TPSA) is 69.4 Å². The molecule has 0 radical (unpaired) electrons. The van der Waals surface area contributed by atoms with Crippen LogP contribution in [0.5, 0.6) is 5.75 Å². The molecule has 0 aliphatic heterocycles. The van der Waals surface area contributed by atoms with Crippen LogP contribution < -0.4 is 9.64 Å². The maximum absolute atomic E-state index is 12.5. The SMILES string of the molecule is CC(=O)N(C)c1ccc(OC(=O)c2cnn(C)c2-n2cccc2)cc1. The lowest BCUT2D eigenvalue weighted by Crippen LogP contribution is -2.22. The van der Waals surface area contributed by atoms with Crippen LogP contribution in [0.1, 0.15) is 17.3 Å². The molecule has 1 amide bonds. The number of carbonyl (C=O) groups excluding carboxylic acids is 2. The number of amides is 1. The number of nitrogens with zero attached hydrogens (tertiary/aromatic N) is 4. The first-order chi connectivity index (χ1) is 12.0. The summed E-state index contributed by atoms with van der Waals surface area (Å²) in [6.07, 6.45) is 5.15. The van der Waals surface area contributed by atoms with Crippen molar-refractivity contribution in [2.75, 3.05) is 11.9 Å². The molecule has 0 N–H and O–H groups in total. The summed E-state index contributed by atoms with van der Waals surface area (Å²) in [5, 5.41) is 4.14. The molecule has 7 heteroatoms. The minimum atomic E-state index is -0.496. The van der Waals surface area contributed by atoms with Gasteiger partial charge in [0.2, 0.25) is 5.91 Å². The Morgan fingerprint density at radius 3 is 2.36 bits per heavy atom. The Kier molecular flexibility index (Phi) is 4.38. The second kappa shape index (κ2) is 6.64. The van der Waals surface area contributed by atoms with E-state index in [1.807, 2.05) is 24.5 Å². The molecule has 3 rings (SSSR count). The molecule has 0 saturated heterocycles. The summed E-state index contributed by atoms with van der Waals surface area (Å²) in [6, 6.07) is 10.5. The van der Waals surface area contributed by atoms with E-state index < -0.39 is 5.97 Å². The highest BCUT2D eigenvalue weighted by atomic mass is 16.5. The van der Waals surface area contributed by atoms with E-state index in [9.17, 15) is 9.59 Å². The zero-order chi connectivity index (χ0) is 18.0. The molecule has 0 aliphatic rings. The Bertz CT molecular complexity index is 895. The summed E-state index contributed by atoms with van der Waals surface area (Å²) < 4.78 is 8.85. The van der Waals surface area contributed by atoms with Crippen molar-refractivity contribution in [1.29, 1.82) is 0 Å². The van der Waals surface area contributed by atoms with Crippen molar-refractivity contribution < 1.29 is 14.3 Å². The molecule has 2 heterocycles. The van der Waals surface area contributed by atoms with Crippen molar-refractivity contribution >= 4 is 17.6 Å². The highest BCUT2D eigenvalue weighted by Crippen LogP contribution is 2.21. The molecule has 0 spiro atoms. The normalized spacial score (nSPS) is 10.5. The molecule has 0 unspecified atom stereocenters. The number of esters is 1. The van der Waals surface area contributed by atoms with Crippen LogP contribution in [0.25, 0.3) is 5.82 Å². The average Bonchev–Trinajstić information content (AvgIpc) is 3.23. The summed E-state index contributed by atoms with van der Waals surface area (Å²) >= 11 is 0. The third kappa shape index (κ3) is 3.30. The van der Waals surface area contributed by atoms with Crippen LogP contribution >= 0.6 is 0 Å². The number of benzene rings is 1. The maximum Gasteiger partial charge on any atom is 0.348 e. The third-order valence-corrected chi connectivity index (χ3v) is 3.88. The number of anilines is 1. The Labute approximate surface area is 145 Å². The van der Waals surface area contributed by atoms with Gasteiger partial charge in [-0.05, 0) is 36.4 Å². The van der Waals surface area contributed by atoms with E-state index in [1.165, 1.54) is 18.0 Å². The van der Waals surface area contributed by atoms with E-state index >= 15 is 0 Å². The molecule has 0 fully saturated rings. The highest BCUT2D eigenvalue weighted by Gasteiger charge is 2.19. The van der Waals surface area contributed by atoms with Crippen molar-refractivity contribution in [1.82, 2.24) is 14.3 Å². The van der Waals surface area contributed by atoms with Gasteiger partial charge in [0.1, 0.15) is 17.1 Å². The van der Waals surface area contributed by atoms with Crippen LogP contribution in [-0.4, -0.2) is 33.3 Å². The first kappa shape index (κ1) is 16.5. The van der Waals surface area contributed by atoms with Gasteiger partial charge in [0, 0.05) is 39.1 Å². The van der Waals surface area contributed by atoms with E-state index in [0.29, 0.717) is 17.1 Å². The van der Waals surface area contributed by atoms with Crippen molar-refractivity contribution in [3.8, 4) is 11.6 Å². The van der Waals surface area contributed by atoms with E-state index in [0.717, 1.165) is 5.69 Å². The van der Waals surface area contributed by atoms with Gasteiger partial charge in [0.15, 0.2) is 0 Å². The standard InChI is InChI=1S/C18H18N4O3/c1-13(23)20(2)14-6-8-15(9-7-14)25-18(24)16-12-19-21(3)17(16)22-10-4-5-11-22/h4-12H,1-3H3. The second-order valence-corrected chi connectivity index (χ2v) is 5.56. The molecule has 1 aromatic carbocycles. The zero-order valence-corrected chi connectivity index (χ0v) is 14.2. The van der Waals surface area contributed by atoms with Crippen molar-refractivity contribution in [3.05, 3.63) is 60.6 Å². The first-order valence-corrected chi connectivity index (χ1v) is 7.69. The Balaban J connectivity index is 1.81. The number of aryl methyl sites for hydroxylation is 1. The van der Waals surface area contributed by atoms with Crippen LogP contribution in [0, 0.1) is 0 Å². The van der Waals surface area contributed by atoms with Crippen LogP contribution in [-0.2, 0) is 11.8 Å². The van der Waals surface area contributed by atoms with Gasteiger partial charge in [0.05, 0.1) is 6.20 Å². The monoisotopic (exact) mass is 338 g/mol. The van der Waals surface area contributed by atoms with Crippen LogP contribution in [0.3, 0.4) is 0 Å². The van der Waals surface area contributed by atoms with Crippen molar-refractivity contribution in [3.63, 3.8) is 0 Å². The Hall–Kier alpha value is -3.35. The molecule has 25 heavy (non-hydrogen) atoms. The number of rotatable bonds is 4. The fraction of sp³-hybridized carbons (Fsp3) is 0.167. The van der Waals surface area contributed by atoms with Gasteiger partial charge >= 0.3 is 5.97 Å². The quantitative estimate of drug-likeness (QED) is 0.541. The number of hydrogen-bond acceptors (Lipinski definition) is 4. The summed E-state index contributed by atoms with van der Waals surface area (Å²) in [5.41, 5.74) is 1.09. The highest BCUT2D eigenvalue weighted by molar-refractivity contribution is 5.94. The van der Waals surface area contributed by atoms with Gasteiger partial charge in [-0.2, -0.15) is 5.10 Å². The minimum Gasteiger partial charge on any atom is -0.423 e. The molecule has 0 aliphatic carbocycles. The number of ether oxygens (including phenoxy) is 1. The second-order valence-electron chi connectivity index (χ2n) is 5.56. The zero-order valence-electron chi connectivity index (χ0n) is 14.2. The smallest absolute Gasteiger partial charge is 0.348 e. The molecular weight excluding hydrogens is 320 g/mol. The predicted molar refractivity (Wildman–Crippen MR) is 93.0 cm³/mol. The van der Waals surface area contributed by atoms with Crippen molar-refractivity contribution in [2.45, 2.75) is 6.92 Å². The summed E-state index contributed by atoms with van der Waals surface area (Å²) in [7, 11) is 3.45. The first-order valence-electron chi connectivity index (χ1n) is 7.69. The van der Waals surface area contributed by atoms with Crippen LogP contribution in [0.2, 0.25) is 0 Å². The van der Waals surface area contributed by atoms with Crippen LogP contribution in [0.4, 0.5) is 5.69 Å². The Morgan fingerprint density at radius 1 is 1.12 bits per heavy atom. The molecular formula is C18H18N4O3. The summed E-state index contributed by atoms with van der Waals surface area (Å²) in [5.74, 6) is 0.455. The van der Waals surface area contributed by atoms with E-state index in [1.54, 1.807) is 47.6 Å². The fourth-order valence-electron chi connectivity index (χ4n) is 2.44. The summed E-state index contributed by atoms with van der Waals surface area (Å²) in [6.45, 7) is 1.49. The molecule has 128 valence electrons. The number of aromatic nitrogens is 3. The molecule has 0 bridgehead atoms.